The van der Waals surface area contributed by atoms with E-state index in [1.54, 1.807) is 0 Å². The van der Waals surface area contributed by atoms with Crippen molar-refractivity contribution in [1.82, 2.24) is 9.78 Å². The van der Waals surface area contributed by atoms with Crippen molar-refractivity contribution < 1.29 is 31.8 Å². The van der Waals surface area contributed by atoms with Crippen molar-refractivity contribution in [2.24, 2.45) is 7.05 Å². The number of ether oxygens (including phenoxy) is 2. The largest absolute Gasteiger partial charge is 0.482 e. The van der Waals surface area contributed by atoms with Gasteiger partial charge in [0.15, 0.2) is 6.61 Å². The molecule has 6 nitrogen and oxygen atoms in total. The number of halogens is 4. The van der Waals surface area contributed by atoms with Crippen LogP contribution in [0.4, 0.5) is 17.6 Å². The third kappa shape index (κ3) is 4.01. The molecule has 0 fully saturated rings. The molecule has 0 saturated heterocycles. The number of nitrogens with zero attached hydrogens (tertiary/aromatic N) is 2. The predicted octanol–water partition coefficient (Wildman–Crippen LogP) is 2.47. The number of aromatic nitrogens is 2. The molecule has 2 rings (SSSR count). The number of hydrogen-bond donors (Lipinski definition) is 0. The van der Waals surface area contributed by atoms with E-state index >= 15 is 0 Å². The number of benzene rings is 1. The summed E-state index contributed by atoms with van der Waals surface area (Å²) in [6.07, 6.45) is -4.78. The number of alkyl halides is 3. The van der Waals surface area contributed by atoms with Crippen LogP contribution in [-0.4, -0.2) is 29.5 Å². The molecule has 10 heteroatoms. The Balaban J connectivity index is 2.53. The van der Waals surface area contributed by atoms with Crippen molar-refractivity contribution in [1.29, 1.82) is 0 Å². The van der Waals surface area contributed by atoms with Gasteiger partial charge in [0.25, 0.3) is 0 Å². The summed E-state index contributed by atoms with van der Waals surface area (Å²) in [5.41, 5.74) is -2.90. The van der Waals surface area contributed by atoms with Crippen LogP contribution < -0.4 is 10.2 Å². The zero-order valence-electron chi connectivity index (χ0n) is 14.0. The van der Waals surface area contributed by atoms with Crippen LogP contribution in [0, 0.1) is 12.7 Å². The summed E-state index contributed by atoms with van der Waals surface area (Å²) in [5.74, 6) is -1.48. The summed E-state index contributed by atoms with van der Waals surface area (Å²) >= 11 is 0. The highest BCUT2D eigenvalue weighted by Gasteiger charge is 2.34. The van der Waals surface area contributed by atoms with Crippen LogP contribution in [0.15, 0.2) is 23.0 Å². The molecule has 0 spiro atoms. The van der Waals surface area contributed by atoms with Crippen molar-refractivity contribution >= 4 is 5.97 Å². The number of methoxy groups -OCH3 is 1. The van der Waals surface area contributed by atoms with Crippen LogP contribution in [0.3, 0.4) is 0 Å². The average molecular weight is 374 g/mol. The highest BCUT2D eigenvalue weighted by Crippen LogP contribution is 2.30. The van der Waals surface area contributed by atoms with Crippen molar-refractivity contribution in [3.05, 3.63) is 45.5 Å². The number of hydrogen-bond acceptors (Lipinski definition) is 5. The van der Waals surface area contributed by atoms with Crippen molar-refractivity contribution in [2.45, 2.75) is 13.1 Å². The molecule has 26 heavy (non-hydrogen) atoms. The zero-order chi connectivity index (χ0) is 19.6. The fourth-order valence-corrected chi connectivity index (χ4v) is 2.18. The quantitative estimate of drug-likeness (QED) is 0.607. The van der Waals surface area contributed by atoms with E-state index < -0.39 is 41.4 Å². The Bertz CT molecular complexity index is 906. The summed E-state index contributed by atoms with van der Waals surface area (Å²) < 4.78 is 62.8. The van der Waals surface area contributed by atoms with Gasteiger partial charge in [-0.05, 0) is 24.6 Å². The summed E-state index contributed by atoms with van der Waals surface area (Å²) in [6, 6.07) is 2.47. The molecular formula is C16H14F4N2O4. The smallest absolute Gasteiger partial charge is 0.433 e. The van der Waals surface area contributed by atoms with Crippen LogP contribution >= 0.6 is 0 Å². The first-order chi connectivity index (χ1) is 12.0. The van der Waals surface area contributed by atoms with Crippen LogP contribution in [0.25, 0.3) is 11.3 Å². The Hall–Kier alpha value is -2.91. The molecule has 2 aromatic rings. The van der Waals surface area contributed by atoms with E-state index in [2.05, 4.69) is 9.84 Å². The summed E-state index contributed by atoms with van der Waals surface area (Å²) in [7, 11) is 2.15. The van der Waals surface area contributed by atoms with E-state index in [1.807, 2.05) is 0 Å². The van der Waals surface area contributed by atoms with Gasteiger partial charge in [0, 0.05) is 18.7 Å². The van der Waals surface area contributed by atoms with Gasteiger partial charge in [-0.1, -0.05) is 0 Å². The third-order valence-electron chi connectivity index (χ3n) is 3.48. The van der Waals surface area contributed by atoms with Gasteiger partial charge >= 0.3 is 12.1 Å². The summed E-state index contributed by atoms with van der Waals surface area (Å²) in [5, 5.41) is 3.55. The maximum atomic E-state index is 14.3. The Morgan fingerprint density at radius 3 is 2.50 bits per heavy atom. The standard InChI is InChI=1S/C16H14F4N2O4/c1-8-4-10(17)9(5-12(8)26-7-14(24)25-3)15-11(23)6-13(16(18,19)20)22(2)21-15/h4-6H,7H2,1-3H3. The first-order valence-electron chi connectivity index (χ1n) is 7.20. The van der Waals surface area contributed by atoms with Gasteiger partial charge in [-0.25, -0.2) is 9.18 Å². The summed E-state index contributed by atoms with van der Waals surface area (Å²) in [6.45, 7) is 1.04. The van der Waals surface area contributed by atoms with Crippen LogP contribution in [-0.2, 0) is 22.8 Å². The highest BCUT2D eigenvalue weighted by molar-refractivity contribution is 5.71. The maximum Gasteiger partial charge on any atom is 0.433 e. The van der Waals surface area contributed by atoms with Gasteiger partial charge in [0.1, 0.15) is 23.0 Å². The molecule has 1 heterocycles. The van der Waals surface area contributed by atoms with Gasteiger partial charge in [-0.2, -0.15) is 18.3 Å². The van der Waals surface area contributed by atoms with Gasteiger partial charge in [-0.15, -0.1) is 0 Å². The minimum absolute atomic E-state index is 0.0653. The lowest BCUT2D eigenvalue weighted by Gasteiger charge is -2.14. The Kier molecular flexibility index (Phi) is 5.33. The maximum absolute atomic E-state index is 14.3. The van der Waals surface area contributed by atoms with Gasteiger partial charge in [0.2, 0.25) is 5.43 Å². The first kappa shape index (κ1) is 19.4. The van der Waals surface area contributed by atoms with Crippen LogP contribution in [0.2, 0.25) is 0 Å². The molecule has 0 radical (unpaired) electrons. The molecule has 0 aliphatic heterocycles. The van der Waals surface area contributed by atoms with Gasteiger partial charge < -0.3 is 9.47 Å². The number of esters is 1. The molecule has 1 aromatic carbocycles. The van der Waals surface area contributed by atoms with E-state index in [0.29, 0.717) is 16.3 Å². The summed E-state index contributed by atoms with van der Waals surface area (Å²) in [4.78, 5) is 23.2. The predicted molar refractivity (Wildman–Crippen MR) is 82.1 cm³/mol. The number of carbonyl (C=O) groups is 1. The Labute approximate surface area is 145 Å². The SMILES string of the molecule is COC(=O)COc1cc(-c2nn(C)c(C(F)(F)F)cc2=O)c(F)cc1C. The minimum atomic E-state index is -4.78. The zero-order valence-corrected chi connectivity index (χ0v) is 14.0. The molecule has 0 unspecified atom stereocenters. The molecule has 0 bridgehead atoms. The molecule has 0 N–H and O–H groups in total. The first-order valence-corrected chi connectivity index (χ1v) is 7.20. The van der Waals surface area contributed by atoms with Crippen LogP contribution in [0.1, 0.15) is 11.3 Å². The molecule has 0 amide bonds. The van der Waals surface area contributed by atoms with E-state index in [9.17, 15) is 27.2 Å². The Morgan fingerprint density at radius 1 is 1.27 bits per heavy atom. The Morgan fingerprint density at radius 2 is 1.92 bits per heavy atom. The van der Waals surface area contributed by atoms with Crippen LogP contribution in [0.5, 0.6) is 5.75 Å². The van der Waals surface area contributed by atoms with E-state index in [4.69, 9.17) is 4.74 Å². The van der Waals surface area contributed by atoms with E-state index in [1.165, 1.54) is 6.92 Å². The molecule has 1 aromatic heterocycles. The molecule has 0 aliphatic carbocycles. The lowest BCUT2D eigenvalue weighted by molar-refractivity contribution is -0.144. The molecule has 0 saturated carbocycles. The highest BCUT2D eigenvalue weighted by atomic mass is 19.4. The second-order valence-corrected chi connectivity index (χ2v) is 5.33. The normalized spacial score (nSPS) is 11.3. The number of rotatable bonds is 4. The second-order valence-electron chi connectivity index (χ2n) is 5.33. The second kappa shape index (κ2) is 7.14. The fourth-order valence-electron chi connectivity index (χ4n) is 2.18. The third-order valence-corrected chi connectivity index (χ3v) is 3.48. The van der Waals surface area contributed by atoms with Crippen molar-refractivity contribution in [3.63, 3.8) is 0 Å². The minimum Gasteiger partial charge on any atom is -0.482 e. The monoisotopic (exact) mass is 374 g/mol. The van der Waals surface area contributed by atoms with Crippen molar-refractivity contribution in [2.75, 3.05) is 13.7 Å². The molecular weight excluding hydrogens is 360 g/mol. The number of aryl methyl sites for hydroxylation is 2. The number of carbonyl (C=O) groups excluding carboxylic acids is 1. The molecule has 0 aliphatic rings. The average Bonchev–Trinajstić information content (AvgIpc) is 2.54. The lowest BCUT2D eigenvalue weighted by Crippen LogP contribution is -2.23. The molecule has 140 valence electrons. The van der Waals surface area contributed by atoms with Crippen molar-refractivity contribution in [3.8, 4) is 17.0 Å². The fraction of sp³-hybridized carbons (Fsp3) is 0.312. The van der Waals surface area contributed by atoms with E-state index in [-0.39, 0.29) is 11.3 Å². The molecule has 0 atom stereocenters. The van der Waals surface area contributed by atoms with E-state index in [0.717, 1.165) is 26.3 Å². The lowest BCUT2D eigenvalue weighted by atomic mass is 10.1. The van der Waals surface area contributed by atoms with Gasteiger partial charge in [-0.3, -0.25) is 9.48 Å². The van der Waals surface area contributed by atoms with Gasteiger partial charge in [0.05, 0.1) is 7.11 Å². The topological polar surface area (TPSA) is 70.4 Å².